The van der Waals surface area contributed by atoms with Gasteiger partial charge >= 0.3 is 0 Å². The Hall–Kier alpha value is 0.490. The molecule has 90 valence electrons. The molecule has 0 aliphatic carbocycles. The predicted octanol–water partition coefficient (Wildman–Crippen LogP) is 4.23. The van der Waals surface area contributed by atoms with Crippen LogP contribution in [0.4, 0.5) is 0 Å². The van der Waals surface area contributed by atoms with Gasteiger partial charge < -0.3 is 0 Å². The number of halogens is 1. The number of rotatable bonds is 2. The molecule has 0 radical (unpaired) electrons. The predicted molar refractivity (Wildman–Crippen MR) is 78.5 cm³/mol. The normalized spacial score (nSPS) is 21.9. The molecule has 0 atom stereocenters. The third-order valence-corrected chi connectivity index (χ3v) is 5.99. The van der Waals surface area contributed by atoms with E-state index in [0.29, 0.717) is 4.75 Å². The van der Waals surface area contributed by atoms with Crippen LogP contribution < -0.4 is 0 Å². The molecule has 0 N–H and O–H groups in total. The molecule has 1 aromatic rings. The van der Waals surface area contributed by atoms with Gasteiger partial charge in [-0.3, -0.25) is 4.90 Å². The molecule has 0 aromatic carbocycles. The van der Waals surface area contributed by atoms with Crippen molar-refractivity contribution < 1.29 is 0 Å². The number of thioether (sulfide) groups is 1. The van der Waals surface area contributed by atoms with Crippen LogP contribution in [0.3, 0.4) is 0 Å². The van der Waals surface area contributed by atoms with Gasteiger partial charge in [0.05, 0.1) is 0 Å². The highest BCUT2D eigenvalue weighted by Crippen LogP contribution is 2.31. The van der Waals surface area contributed by atoms with Gasteiger partial charge in [0.15, 0.2) is 0 Å². The van der Waals surface area contributed by atoms with E-state index in [2.05, 4.69) is 57.9 Å². The van der Waals surface area contributed by atoms with E-state index in [-0.39, 0.29) is 0 Å². The molecule has 0 saturated carbocycles. The first-order chi connectivity index (χ1) is 7.55. The summed E-state index contributed by atoms with van der Waals surface area (Å²) in [6.45, 7) is 8.30. The fourth-order valence-electron chi connectivity index (χ4n) is 1.88. The van der Waals surface area contributed by atoms with Gasteiger partial charge in [0.1, 0.15) is 0 Å². The zero-order chi connectivity index (χ0) is 11.6. The van der Waals surface area contributed by atoms with E-state index in [9.17, 15) is 0 Å². The molecule has 0 bridgehead atoms. The molecule has 16 heavy (non-hydrogen) atoms. The molecule has 2 rings (SSSR count). The molecule has 1 nitrogen and oxygen atoms in total. The fraction of sp³-hybridized carbons (Fsp3) is 0.667. The second-order valence-electron chi connectivity index (χ2n) is 4.87. The van der Waals surface area contributed by atoms with E-state index in [0.717, 1.165) is 6.54 Å². The lowest BCUT2D eigenvalue weighted by molar-refractivity contribution is 0.278. The van der Waals surface area contributed by atoms with Gasteiger partial charge in [-0.2, -0.15) is 11.8 Å². The second kappa shape index (κ2) is 5.42. The van der Waals surface area contributed by atoms with Crippen molar-refractivity contribution in [2.75, 3.05) is 18.8 Å². The maximum absolute atomic E-state index is 3.52. The zero-order valence-corrected chi connectivity index (χ0v) is 13.1. The largest absolute Gasteiger partial charge is 0.297 e. The van der Waals surface area contributed by atoms with E-state index in [1.54, 1.807) is 0 Å². The van der Waals surface area contributed by atoms with Gasteiger partial charge in [0.25, 0.3) is 0 Å². The van der Waals surface area contributed by atoms with Gasteiger partial charge in [-0.05, 0) is 35.0 Å². The Kier molecular flexibility index (Phi) is 4.38. The number of hydrogen-bond donors (Lipinski definition) is 0. The van der Waals surface area contributed by atoms with Gasteiger partial charge in [0.2, 0.25) is 0 Å². The molecule has 2 heterocycles. The molecular weight excluding hydrogens is 302 g/mol. The Balaban J connectivity index is 1.91. The van der Waals surface area contributed by atoms with Crippen molar-refractivity contribution in [3.63, 3.8) is 0 Å². The number of thiophene rings is 1. The van der Waals surface area contributed by atoms with E-state index in [1.807, 2.05) is 11.3 Å². The third-order valence-electron chi connectivity index (χ3n) is 2.93. The van der Waals surface area contributed by atoms with Crippen LogP contribution in [0.2, 0.25) is 0 Å². The summed E-state index contributed by atoms with van der Waals surface area (Å²) in [6.07, 6.45) is 1.30. The third kappa shape index (κ3) is 3.76. The molecule has 0 amide bonds. The summed E-state index contributed by atoms with van der Waals surface area (Å²) in [4.78, 5) is 4.05. The van der Waals surface area contributed by atoms with Crippen LogP contribution in [0.15, 0.2) is 15.9 Å². The first kappa shape index (κ1) is 12.9. The van der Waals surface area contributed by atoms with Crippen LogP contribution in [0.1, 0.15) is 25.1 Å². The summed E-state index contributed by atoms with van der Waals surface area (Å²) in [6, 6.07) is 2.24. The van der Waals surface area contributed by atoms with Crippen molar-refractivity contribution >= 4 is 39.0 Å². The maximum Gasteiger partial charge on any atom is 0.0328 e. The summed E-state index contributed by atoms with van der Waals surface area (Å²) in [5.41, 5.74) is 0. The molecular formula is C12H18BrNS2. The fourth-order valence-corrected chi connectivity index (χ4v) is 4.51. The highest BCUT2D eigenvalue weighted by atomic mass is 79.9. The zero-order valence-electron chi connectivity index (χ0n) is 9.83. The highest BCUT2D eigenvalue weighted by Gasteiger charge is 2.23. The van der Waals surface area contributed by atoms with Crippen LogP contribution >= 0.6 is 39.0 Å². The van der Waals surface area contributed by atoms with E-state index in [1.165, 1.54) is 34.6 Å². The Bertz CT molecular complexity index is 349. The number of nitrogens with zero attached hydrogens (tertiary/aromatic N) is 1. The Morgan fingerprint density at radius 2 is 2.25 bits per heavy atom. The van der Waals surface area contributed by atoms with Crippen molar-refractivity contribution in [2.45, 2.75) is 31.6 Å². The summed E-state index contributed by atoms with van der Waals surface area (Å²) in [5.74, 6) is 1.26. The monoisotopic (exact) mass is 319 g/mol. The molecule has 0 spiro atoms. The van der Waals surface area contributed by atoms with Crippen molar-refractivity contribution in [3.05, 3.63) is 20.8 Å². The number of hydrogen-bond acceptors (Lipinski definition) is 3. The molecule has 1 aromatic heterocycles. The first-order valence-electron chi connectivity index (χ1n) is 5.64. The molecule has 4 heteroatoms. The van der Waals surface area contributed by atoms with Crippen molar-refractivity contribution in [1.82, 2.24) is 4.90 Å². The summed E-state index contributed by atoms with van der Waals surface area (Å²) in [5, 5.41) is 2.17. The van der Waals surface area contributed by atoms with Crippen LogP contribution in [0.25, 0.3) is 0 Å². The van der Waals surface area contributed by atoms with Crippen molar-refractivity contribution in [1.29, 1.82) is 0 Å². The Labute approximate surface area is 115 Å². The average Bonchev–Trinajstić information content (AvgIpc) is 2.52. The minimum atomic E-state index is 0.463. The van der Waals surface area contributed by atoms with Crippen LogP contribution in [-0.2, 0) is 6.54 Å². The minimum Gasteiger partial charge on any atom is -0.297 e. The van der Waals surface area contributed by atoms with Gasteiger partial charge in [-0.15, -0.1) is 11.3 Å². The smallest absolute Gasteiger partial charge is 0.0328 e. The van der Waals surface area contributed by atoms with Crippen molar-refractivity contribution in [3.8, 4) is 0 Å². The molecule has 1 aliphatic heterocycles. The quantitative estimate of drug-likeness (QED) is 0.802. The molecule has 1 fully saturated rings. The van der Waals surface area contributed by atoms with Crippen LogP contribution in [0.5, 0.6) is 0 Å². The second-order valence-corrected chi connectivity index (χ2v) is 8.58. The maximum atomic E-state index is 3.52. The average molecular weight is 320 g/mol. The van der Waals surface area contributed by atoms with Gasteiger partial charge in [-0.1, -0.05) is 13.8 Å². The summed E-state index contributed by atoms with van der Waals surface area (Å²) in [7, 11) is 0. The minimum absolute atomic E-state index is 0.463. The highest BCUT2D eigenvalue weighted by molar-refractivity contribution is 9.10. The molecule has 1 aliphatic rings. The topological polar surface area (TPSA) is 3.24 Å². The standard InChI is InChI=1S/C12H18BrNS2/c1-12(2)3-4-14(5-6-16-12)8-11-7-10(13)9-15-11/h7,9H,3-6,8H2,1-2H3. The van der Waals surface area contributed by atoms with Crippen LogP contribution in [-0.4, -0.2) is 28.5 Å². The first-order valence-corrected chi connectivity index (χ1v) is 8.30. The summed E-state index contributed by atoms with van der Waals surface area (Å²) >= 11 is 7.49. The Morgan fingerprint density at radius 1 is 1.44 bits per heavy atom. The lowest BCUT2D eigenvalue weighted by atomic mass is 10.1. The van der Waals surface area contributed by atoms with Crippen molar-refractivity contribution in [2.24, 2.45) is 0 Å². The SMILES string of the molecule is CC1(C)CCN(Cc2cc(Br)cs2)CCS1. The Morgan fingerprint density at radius 3 is 2.94 bits per heavy atom. The lowest BCUT2D eigenvalue weighted by Crippen LogP contribution is -2.26. The van der Waals surface area contributed by atoms with Crippen LogP contribution in [0, 0.1) is 0 Å². The van der Waals surface area contributed by atoms with E-state index >= 15 is 0 Å². The molecule has 1 saturated heterocycles. The lowest BCUT2D eigenvalue weighted by Gasteiger charge is -2.22. The van der Waals surface area contributed by atoms with Gasteiger partial charge in [-0.25, -0.2) is 0 Å². The van der Waals surface area contributed by atoms with E-state index < -0.39 is 0 Å². The van der Waals surface area contributed by atoms with E-state index in [4.69, 9.17) is 0 Å². The summed E-state index contributed by atoms with van der Waals surface area (Å²) < 4.78 is 1.68. The van der Waals surface area contributed by atoms with Gasteiger partial charge in [0, 0.05) is 38.3 Å². The molecule has 0 unspecified atom stereocenters.